The van der Waals surface area contributed by atoms with Gasteiger partial charge in [0.2, 0.25) is 0 Å². The maximum Gasteiger partial charge on any atom is 0.414 e. The minimum absolute atomic E-state index is 0.0722. The predicted molar refractivity (Wildman–Crippen MR) is 62.9 cm³/mol. The summed E-state index contributed by atoms with van der Waals surface area (Å²) in [6.45, 7) is 3.37. The smallest absolute Gasteiger partial charge is 0.414 e. The summed E-state index contributed by atoms with van der Waals surface area (Å²) in [6.07, 6.45) is -5.50. The summed E-state index contributed by atoms with van der Waals surface area (Å²) in [4.78, 5) is 11.3. The van der Waals surface area contributed by atoms with Gasteiger partial charge in [-0.05, 0) is 32.7 Å². The summed E-state index contributed by atoms with van der Waals surface area (Å²) in [5.74, 6) is -1.02. The number of alkyl halides is 3. The molecule has 0 saturated heterocycles. The van der Waals surface area contributed by atoms with Gasteiger partial charge in [0, 0.05) is 6.42 Å². The van der Waals surface area contributed by atoms with Crippen molar-refractivity contribution in [2.45, 2.75) is 63.5 Å². The number of aliphatic carboxylic acids is 1. The largest absolute Gasteiger partial charge is 0.480 e. The van der Waals surface area contributed by atoms with Crippen LogP contribution in [0.2, 0.25) is 0 Å². The van der Waals surface area contributed by atoms with Crippen molar-refractivity contribution in [3.63, 3.8) is 0 Å². The highest BCUT2D eigenvalue weighted by molar-refractivity contribution is 5.79. The normalized spacial score (nSPS) is 29.4. The summed E-state index contributed by atoms with van der Waals surface area (Å²) in [7, 11) is 0. The average Bonchev–Trinajstić information content (AvgIpc) is 2.70. The monoisotopic (exact) mass is 283 g/mol. The molecule has 0 radical (unpaired) electrons. The van der Waals surface area contributed by atoms with Gasteiger partial charge in [-0.2, -0.15) is 13.2 Å². The lowest BCUT2D eigenvalue weighted by Gasteiger charge is -2.26. The van der Waals surface area contributed by atoms with E-state index in [2.05, 4.69) is 5.32 Å². The van der Waals surface area contributed by atoms with E-state index in [-0.39, 0.29) is 12.8 Å². The van der Waals surface area contributed by atoms with E-state index in [1.165, 1.54) is 0 Å². The molecule has 112 valence electrons. The highest BCUT2D eigenvalue weighted by atomic mass is 19.4. The molecule has 0 heterocycles. The molecule has 0 aliphatic heterocycles. The van der Waals surface area contributed by atoms with Crippen LogP contribution in [0, 0.1) is 0 Å². The second kappa shape index (κ2) is 6.09. The zero-order valence-corrected chi connectivity index (χ0v) is 11.1. The fraction of sp³-hybridized carbons (Fsp3) is 0.917. The van der Waals surface area contributed by atoms with Crippen LogP contribution in [0.3, 0.4) is 0 Å². The number of hydrogen-bond acceptors (Lipinski definition) is 3. The molecule has 0 aromatic carbocycles. The van der Waals surface area contributed by atoms with E-state index in [0.717, 1.165) is 13.3 Å². The van der Waals surface area contributed by atoms with Crippen LogP contribution >= 0.6 is 0 Å². The minimum atomic E-state index is -4.41. The maximum absolute atomic E-state index is 12.4. The van der Waals surface area contributed by atoms with E-state index < -0.39 is 29.9 Å². The highest BCUT2D eigenvalue weighted by Gasteiger charge is 2.48. The highest BCUT2D eigenvalue weighted by Crippen LogP contribution is 2.35. The number of rotatable bonds is 6. The number of nitrogens with one attached hydrogen (secondary N) is 1. The van der Waals surface area contributed by atoms with E-state index in [0.29, 0.717) is 13.0 Å². The Hall–Kier alpha value is -0.820. The Morgan fingerprint density at radius 3 is 2.68 bits per heavy atom. The molecule has 1 fully saturated rings. The molecule has 0 amide bonds. The number of carboxylic acid groups (broad SMARTS) is 1. The van der Waals surface area contributed by atoms with E-state index in [9.17, 15) is 23.1 Å². The van der Waals surface area contributed by atoms with Gasteiger partial charge in [0.1, 0.15) is 5.54 Å². The molecule has 2 N–H and O–H groups in total. The maximum atomic E-state index is 12.4. The van der Waals surface area contributed by atoms with Crippen LogP contribution in [0.1, 0.15) is 39.5 Å². The van der Waals surface area contributed by atoms with Crippen molar-refractivity contribution in [1.29, 1.82) is 0 Å². The third-order valence-electron chi connectivity index (χ3n) is 3.45. The molecule has 0 spiro atoms. The molecule has 4 nitrogen and oxygen atoms in total. The van der Waals surface area contributed by atoms with Gasteiger partial charge in [-0.25, -0.2) is 0 Å². The molecule has 19 heavy (non-hydrogen) atoms. The van der Waals surface area contributed by atoms with Crippen LogP contribution in [0.15, 0.2) is 0 Å². The first kappa shape index (κ1) is 16.2. The predicted octanol–water partition coefficient (Wildman–Crippen LogP) is 2.33. The second-order valence-electron chi connectivity index (χ2n) is 5.00. The zero-order chi connectivity index (χ0) is 14.7. The molecule has 0 aromatic heterocycles. The van der Waals surface area contributed by atoms with Crippen molar-refractivity contribution < 1.29 is 27.8 Å². The van der Waals surface area contributed by atoms with Crippen molar-refractivity contribution in [3.8, 4) is 0 Å². The molecule has 3 atom stereocenters. The molecular weight excluding hydrogens is 263 g/mol. The Kier molecular flexibility index (Phi) is 5.20. The summed E-state index contributed by atoms with van der Waals surface area (Å²) >= 11 is 0. The van der Waals surface area contributed by atoms with Crippen LogP contribution in [-0.2, 0) is 9.53 Å². The topological polar surface area (TPSA) is 58.6 Å². The first-order valence-corrected chi connectivity index (χ1v) is 6.42. The van der Waals surface area contributed by atoms with Gasteiger partial charge >= 0.3 is 12.1 Å². The Morgan fingerprint density at radius 2 is 2.21 bits per heavy atom. The Morgan fingerprint density at radius 1 is 1.58 bits per heavy atom. The van der Waals surface area contributed by atoms with Crippen LogP contribution in [0.4, 0.5) is 13.2 Å². The van der Waals surface area contributed by atoms with Crippen molar-refractivity contribution in [3.05, 3.63) is 0 Å². The van der Waals surface area contributed by atoms with E-state index >= 15 is 0 Å². The summed E-state index contributed by atoms with van der Waals surface area (Å²) in [6, 6.07) is 0. The number of carboxylic acids is 1. The number of carbonyl (C=O) groups is 1. The SMILES string of the molecule is CCCNC1(C(=O)O)CCC(OC(C)C(F)(F)F)C1. The van der Waals surface area contributed by atoms with Crippen molar-refractivity contribution >= 4 is 5.97 Å². The average molecular weight is 283 g/mol. The Balaban J connectivity index is 2.61. The number of ether oxygens (including phenoxy) is 1. The molecule has 1 saturated carbocycles. The van der Waals surface area contributed by atoms with Gasteiger partial charge in [-0.1, -0.05) is 6.92 Å². The molecule has 0 aromatic rings. The van der Waals surface area contributed by atoms with Gasteiger partial charge in [0.15, 0.2) is 6.10 Å². The fourth-order valence-corrected chi connectivity index (χ4v) is 2.28. The molecule has 3 unspecified atom stereocenters. The standard InChI is InChI=1S/C12H20F3NO3/c1-3-6-16-11(10(17)18)5-4-9(7-11)19-8(2)12(13,14)15/h8-9,16H,3-7H2,1-2H3,(H,17,18). The quantitative estimate of drug-likeness (QED) is 0.785. The Bertz CT molecular complexity index is 322. The molecule has 7 heteroatoms. The van der Waals surface area contributed by atoms with E-state index in [1.54, 1.807) is 0 Å². The summed E-state index contributed by atoms with van der Waals surface area (Å²) in [5.41, 5.74) is -1.15. The van der Waals surface area contributed by atoms with Gasteiger partial charge in [-0.15, -0.1) is 0 Å². The lowest BCUT2D eigenvalue weighted by Crippen LogP contribution is -2.51. The summed E-state index contributed by atoms with van der Waals surface area (Å²) in [5, 5.41) is 12.2. The van der Waals surface area contributed by atoms with Crippen molar-refractivity contribution in [2.24, 2.45) is 0 Å². The van der Waals surface area contributed by atoms with Gasteiger partial charge < -0.3 is 15.2 Å². The van der Waals surface area contributed by atoms with Gasteiger partial charge in [0.25, 0.3) is 0 Å². The third-order valence-corrected chi connectivity index (χ3v) is 3.45. The molecule has 1 aliphatic carbocycles. The van der Waals surface area contributed by atoms with Crippen LogP contribution in [-0.4, -0.2) is 41.5 Å². The first-order chi connectivity index (χ1) is 8.71. The van der Waals surface area contributed by atoms with Gasteiger partial charge in [-0.3, -0.25) is 4.79 Å². The second-order valence-corrected chi connectivity index (χ2v) is 5.00. The number of hydrogen-bond donors (Lipinski definition) is 2. The van der Waals surface area contributed by atoms with E-state index in [4.69, 9.17) is 4.74 Å². The molecule has 1 rings (SSSR count). The number of halogens is 3. The lowest BCUT2D eigenvalue weighted by atomic mass is 9.97. The fourth-order valence-electron chi connectivity index (χ4n) is 2.28. The molecular formula is C12H20F3NO3. The van der Waals surface area contributed by atoms with Crippen LogP contribution in [0.5, 0.6) is 0 Å². The Labute approximate surface area is 110 Å². The third kappa shape index (κ3) is 4.07. The molecule has 0 bridgehead atoms. The summed E-state index contributed by atoms with van der Waals surface area (Å²) < 4.78 is 42.1. The van der Waals surface area contributed by atoms with Crippen molar-refractivity contribution in [1.82, 2.24) is 5.32 Å². The van der Waals surface area contributed by atoms with Gasteiger partial charge in [0.05, 0.1) is 6.10 Å². The minimum Gasteiger partial charge on any atom is -0.480 e. The first-order valence-electron chi connectivity index (χ1n) is 6.42. The zero-order valence-electron chi connectivity index (χ0n) is 11.1. The van der Waals surface area contributed by atoms with Crippen LogP contribution in [0.25, 0.3) is 0 Å². The van der Waals surface area contributed by atoms with Crippen molar-refractivity contribution in [2.75, 3.05) is 6.54 Å². The molecule has 1 aliphatic rings. The van der Waals surface area contributed by atoms with E-state index in [1.807, 2.05) is 6.92 Å². The lowest BCUT2D eigenvalue weighted by molar-refractivity contribution is -0.226. The van der Waals surface area contributed by atoms with Crippen LogP contribution < -0.4 is 5.32 Å².